The quantitative estimate of drug-likeness (QED) is 0.371. The van der Waals surface area contributed by atoms with Crippen molar-refractivity contribution < 1.29 is 19.3 Å². The van der Waals surface area contributed by atoms with Crippen LogP contribution < -0.4 is 5.32 Å². The zero-order chi connectivity index (χ0) is 20.8. The highest BCUT2D eigenvalue weighted by Crippen LogP contribution is 2.33. The summed E-state index contributed by atoms with van der Waals surface area (Å²) in [6.45, 7) is 4.19. The lowest BCUT2D eigenvalue weighted by Crippen LogP contribution is -2.37. The average Bonchev–Trinajstić information content (AvgIpc) is 2.88. The molecule has 0 radical (unpaired) electrons. The molecule has 28 heavy (non-hydrogen) atoms. The number of nitrogens with one attached hydrogen (secondary N) is 1. The fraction of sp³-hybridized carbons (Fsp3) is 0.353. The lowest BCUT2D eigenvalue weighted by molar-refractivity contribution is -0.384. The Morgan fingerprint density at radius 1 is 1.43 bits per heavy atom. The van der Waals surface area contributed by atoms with Gasteiger partial charge in [-0.2, -0.15) is 0 Å². The van der Waals surface area contributed by atoms with E-state index in [4.69, 9.17) is 11.6 Å². The van der Waals surface area contributed by atoms with Gasteiger partial charge < -0.3 is 5.32 Å². The van der Waals surface area contributed by atoms with E-state index in [-0.39, 0.29) is 34.6 Å². The fourth-order valence-electron chi connectivity index (χ4n) is 2.20. The third-order valence-corrected chi connectivity index (χ3v) is 5.87. The first kappa shape index (κ1) is 22.3. The summed E-state index contributed by atoms with van der Waals surface area (Å²) in [6.07, 6.45) is 1.41. The first-order valence-electron chi connectivity index (χ1n) is 8.26. The fourth-order valence-corrected chi connectivity index (χ4v) is 3.84. The van der Waals surface area contributed by atoms with Crippen LogP contribution in [0, 0.1) is 10.1 Å². The van der Waals surface area contributed by atoms with Crippen LogP contribution in [0.25, 0.3) is 6.08 Å². The number of halogens is 1. The van der Waals surface area contributed by atoms with Gasteiger partial charge in [0.25, 0.3) is 16.8 Å². The van der Waals surface area contributed by atoms with E-state index in [0.717, 1.165) is 16.7 Å². The highest BCUT2D eigenvalue weighted by atomic mass is 35.5. The summed E-state index contributed by atoms with van der Waals surface area (Å²) < 4.78 is 0. The zero-order valence-electron chi connectivity index (χ0n) is 15.1. The van der Waals surface area contributed by atoms with E-state index < -0.39 is 16.1 Å². The largest absolute Gasteiger partial charge is 0.354 e. The van der Waals surface area contributed by atoms with Gasteiger partial charge in [-0.05, 0) is 34.7 Å². The molecule has 0 unspecified atom stereocenters. The molecule has 11 heteroatoms. The number of benzene rings is 1. The molecule has 1 aliphatic rings. The standard InChI is InChI=1S/C17H18ClN3O5S2/c1-10(2)27-9-15(22)19-5-6-20-16(23)14(28-17(20)24)8-11-3-4-12(18)13(7-11)21(25)26/h3-4,7-8,10H,5-6,9H2,1-2H3,(H,19,22)/b14-8-. The Balaban J connectivity index is 1.99. The predicted molar refractivity (Wildman–Crippen MR) is 111 cm³/mol. The number of rotatable bonds is 8. The summed E-state index contributed by atoms with van der Waals surface area (Å²) in [5.74, 6) is -0.345. The van der Waals surface area contributed by atoms with E-state index in [0.29, 0.717) is 16.6 Å². The van der Waals surface area contributed by atoms with Crippen LogP contribution in [0.3, 0.4) is 0 Å². The highest BCUT2D eigenvalue weighted by molar-refractivity contribution is 8.18. The third kappa shape index (κ3) is 5.98. The highest BCUT2D eigenvalue weighted by Gasteiger charge is 2.34. The summed E-state index contributed by atoms with van der Waals surface area (Å²) in [4.78, 5) is 47.8. The van der Waals surface area contributed by atoms with Gasteiger partial charge in [0, 0.05) is 19.2 Å². The van der Waals surface area contributed by atoms with Gasteiger partial charge in [0.1, 0.15) is 5.02 Å². The maximum atomic E-state index is 12.4. The van der Waals surface area contributed by atoms with Gasteiger partial charge in [-0.25, -0.2) is 0 Å². The van der Waals surface area contributed by atoms with E-state index in [2.05, 4.69) is 5.32 Å². The van der Waals surface area contributed by atoms with Crippen molar-refractivity contribution in [3.05, 3.63) is 43.8 Å². The van der Waals surface area contributed by atoms with Crippen molar-refractivity contribution in [2.45, 2.75) is 19.1 Å². The Labute approximate surface area is 175 Å². The number of hydrogen-bond donors (Lipinski definition) is 1. The molecule has 0 aromatic heterocycles. The molecule has 0 saturated carbocycles. The van der Waals surface area contributed by atoms with E-state index in [1.807, 2.05) is 13.8 Å². The average molecular weight is 444 g/mol. The van der Waals surface area contributed by atoms with E-state index in [1.165, 1.54) is 36.0 Å². The van der Waals surface area contributed by atoms with Crippen LogP contribution >= 0.6 is 35.1 Å². The Kier molecular flexibility index (Phi) is 7.90. The lowest BCUT2D eigenvalue weighted by Gasteiger charge is -2.13. The van der Waals surface area contributed by atoms with Gasteiger partial charge in [-0.15, -0.1) is 11.8 Å². The molecule has 0 atom stereocenters. The first-order valence-corrected chi connectivity index (χ1v) is 10.5. The molecule has 3 amide bonds. The van der Waals surface area contributed by atoms with Gasteiger partial charge in [0.05, 0.1) is 15.6 Å². The van der Waals surface area contributed by atoms with Crippen molar-refractivity contribution in [1.29, 1.82) is 0 Å². The van der Waals surface area contributed by atoms with Crippen molar-refractivity contribution in [2.24, 2.45) is 0 Å². The van der Waals surface area contributed by atoms with Crippen molar-refractivity contribution in [3.63, 3.8) is 0 Å². The number of thioether (sulfide) groups is 2. The molecule has 2 rings (SSSR count). The molecule has 0 aliphatic carbocycles. The van der Waals surface area contributed by atoms with Crippen molar-refractivity contribution >= 4 is 63.9 Å². The molecular weight excluding hydrogens is 426 g/mol. The third-order valence-electron chi connectivity index (χ3n) is 3.54. The topological polar surface area (TPSA) is 110 Å². The summed E-state index contributed by atoms with van der Waals surface area (Å²) >= 11 is 8.02. The molecule has 1 fully saturated rings. The van der Waals surface area contributed by atoms with E-state index in [1.54, 1.807) is 0 Å². The van der Waals surface area contributed by atoms with Gasteiger partial charge >= 0.3 is 0 Å². The number of imide groups is 1. The number of carbonyl (C=O) groups is 3. The minimum absolute atomic E-state index is 0.0124. The number of nitro groups is 1. The van der Waals surface area contributed by atoms with Crippen LogP contribution in [-0.2, 0) is 9.59 Å². The van der Waals surface area contributed by atoms with Gasteiger partial charge in [-0.3, -0.25) is 29.4 Å². The Morgan fingerprint density at radius 3 is 2.79 bits per heavy atom. The Hall–Kier alpha value is -2.04. The minimum atomic E-state index is -0.619. The monoisotopic (exact) mass is 443 g/mol. The maximum absolute atomic E-state index is 12.4. The van der Waals surface area contributed by atoms with Crippen LogP contribution in [0.2, 0.25) is 5.02 Å². The van der Waals surface area contributed by atoms with Crippen molar-refractivity contribution in [2.75, 3.05) is 18.8 Å². The number of nitro benzene ring substituents is 1. The molecule has 1 heterocycles. The van der Waals surface area contributed by atoms with Crippen molar-refractivity contribution in [3.8, 4) is 0 Å². The minimum Gasteiger partial charge on any atom is -0.354 e. The molecule has 1 aliphatic heterocycles. The van der Waals surface area contributed by atoms with Gasteiger partial charge in [-0.1, -0.05) is 31.5 Å². The molecule has 1 aromatic rings. The number of amides is 3. The zero-order valence-corrected chi connectivity index (χ0v) is 17.5. The van der Waals surface area contributed by atoms with Gasteiger partial charge in [0.15, 0.2) is 0 Å². The van der Waals surface area contributed by atoms with Crippen molar-refractivity contribution in [1.82, 2.24) is 10.2 Å². The van der Waals surface area contributed by atoms with Gasteiger partial charge in [0.2, 0.25) is 5.91 Å². The maximum Gasteiger partial charge on any atom is 0.293 e. The summed E-state index contributed by atoms with van der Waals surface area (Å²) in [6, 6.07) is 4.12. The Morgan fingerprint density at radius 2 is 2.14 bits per heavy atom. The smallest absolute Gasteiger partial charge is 0.293 e. The molecule has 1 saturated heterocycles. The second kappa shape index (κ2) is 9.94. The molecule has 0 bridgehead atoms. The molecule has 1 aromatic carbocycles. The summed E-state index contributed by atoms with van der Waals surface area (Å²) in [5, 5.41) is 13.5. The predicted octanol–water partition coefficient (Wildman–Crippen LogP) is 3.54. The second-order valence-corrected chi connectivity index (χ2v) is 8.98. The summed E-state index contributed by atoms with van der Waals surface area (Å²) in [5.41, 5.74) is 0.109. The Bertz CT molecular complexity index is 844. The van der Waals surface area contributed by atoms with Crippen LogP contribution in [0.15, 0.2) is 23.1 Å². The summed E-state index contributed by atoms with van der Waals surface area (Å²) in [7, 11) is 0. The first-order chi connectivity index (χ1) is 13.2. The van der Waals surface area contributed by atoms with Crippen LogP contribution in [0.5, 0.6) is 0 Å². The number of hydrogen-bond acceptors (Lipinski definition) is 7. The number of nitrogens with zero attached hydrogens (tertiary/aromatic N) is 2. The van der Waals surface area contributed by atoms with Crippen LogP contribution in [-0.4, -0.2) is 51.0 Å². The molecule has 1 N–H and O–H groups in total. The normalized spacial score (nSPS) is 15.6. The van der Waals surface area contributed by atoms with Crippen LogP contribution in [0.1, 0.15) is 19.4 Å². The molecule has 0 spiro atoms. The lowest BCUT2D eigenvalue weighted by atomic mass is 10.2. The molecular formula is C17H18ClN3O5S2. The van der Waals surface area contributed by atoms with Crippen LogP contribution in [0.4, 0.5) is 10.5 Å². The molecule has 150 valence electrons. The number of carbonyl (C=O) groups excluding carboxylic acids is 3. The molecule has 8 nitrogen and oxygen atoms in total. The SMILES string of the molecule is CC(C)SCC(=O)NCCN1C(=O)S/C(=C\c2ccc(Cl)c([N+](=O)[O-])c2)C1=O. The second-order valence-electron chi connectivity index (χ2n) is 6.01. The van der Waals surface area contributed by atoms with E-state index >= 15 is 0 Å². The van der Waals surface area contributed by atoms with E-state index in [9.17, 15) is 24.5 Å².